The topological polar surface area (TPSA) is 59.0 Å². The first kappa shape index (κ1) is 15.5. The molecule has 1 amide bonds. The lowest BCUT2D eigenvalue weighted by Crippen LogP contribution is -2.35. The molecular formula is C17H28N4O. The molecule has 1 aromatic rings. The fourth-order valence-corrected chi connectivity index (χ4v) is 4.03. The summed E-state index contributed by atoms with van der Waals surface area (Å²) in [5.41, 5.74) is 1.61. The summed E-state index contributed by atoms with van der Waals surface area (Å²) < 4.78 is 2.10. The summed E-state index contributed by atoms with van der Waals surface area (Å²) in [6.07, 6.45) is 7.62. The number of amides is 1. The molecule has 1 unspecified atom stereocenters. The van der Waals surface area contributed by atoms with Crippen molar-refractivity contribution in [2.75, 3.05) is 11.9 Å². The molecule has 2 aliphatic rings. The third-order valence-corrected chi connectivity index (χ3v) is 5.30. The molecule has 2 fully saturated rings. The van der Waals surface area contributed by atoms with Crippen molar-refractivity contribution < 1.29 is 4.79 Å². The van der Waals surface area contributed by atoms with E-state index in [1.54, 1.807) is 0 Å². The highest BCUT2D eigenvalue weighted by Crippen LogP contribution is 2.36. The number of hydrogen-bond acceptors (Lipinski definition) is 3. The van der Waals surface area contributed by atoms with Crippen LogP contribution in [0.3, 0.4) is 0 Å². The van der Waals surface area contributed by atoms with E-state index < -0.39 is 0 Å². The van der Waals surface area contributed by atoms with Gasteiger partial charge in [0.25, 0.3) is 0 Å². The smallest absolute Gasteiger partial charge is 0.231 e. The van der Waals surface area contributed by atoms with E-state index in [2.05, 4.69) is 41.2 Å². The molecule has 122 valence electrons. The summed E-state index contributed by atoms with van der Waals surface area (Å²) in [5, 5.41) is 11.1. The Hall–Kier alpha value is -1.36. The molecule has 0 radical (unpaired) electrons. The van der Waals surface area contributed by atoms with Gasteiger partial charge in [-0.15, -0.1) is 0 Å². The number of rotatable bonds is 3. The largest absolute Gasteiger partial charge is 0.323 e. The van der Waals surface area contributed by atoms with Crippen LogP contribution in [0.5, 0.6) is 0 Å². The van der Waals surface area contributed by atoms with Crippen molar-refractivity contribution >= 4 is 11.6 Å². The van der Waals surface area contributed by atoms with E-state index in [0.29, 0.717) is 6.04 Å². The molecule has 1 saturated heterocycles. The van der Waals surface area contributed by atoms with Gasteiger partial charge in [-0.25, -0.2) is 0 Å². The SMILES string of the molecule is Cc1c(NC(=O)C2(C)CNC(C)(C)C2)cnn1C1CCCC1. The number of hydrogen-bond donors (Lipinski definition) is 2. The van der Waals surface area contributed by atoms with Crippen molar-refractivity contribution in [2.24, 2.45) is 5.41 Å². The van der Waals surface area contributed by atoms with Crippen molar-refractivity contribution in [3.05, 3.63) is 11.9 Å². The zero-order chi connectivity index (χ0) is 16.0. The Morgan fingerprint density at radius 1 is 1.36 bits per heavy atom. The summed E-state index contributed by atoms with van der Waals surface area (Å²) in [5.74, 6) is 0.0969. The zero-order valence-corrected chi connectivity index (χ0v) is 14.2. The molecule has 1 atom stereocenters. The second-order valence-corrected chi connectivity index (χ2v) is 7.96. The van der Waals surface area contributed by atoms with Crippen molar-refractivity contribution in [3.63, 3.8) is 0 Å². The molecular weight excluding hydrogens is 276 g/mol. The first-order valence-corrected chi connectivity index (χ1v) is 8.41. The molecule has 3 rings (SSSR count). The third kappa shape index (κ3) is 2.78. The molecule has 2 heterocycles. The van der Waals surface area contributed by atoms with Gasteiger partial charge < -0.3 is 10.6 Å². The van der Waals surface area contributed by atoms with Gasteiger partial charge in [-0.2, -0.15) is 5.10 Å². The van der Waals surface area contributed by atoms with Crippen molar-refractivity contribution in [1.82, 2.24) is 15.1 Å². The van der Waals surface area contributed by atoms with Gasteiger partial charge in [0.1, 0.15) is 0 Å². The molecule has 0 spiro atoms. The van der Waals surface area contributed by atoms with Gasteiger partial charge in [0.05, 0.1) is 29.0 Å². The van der Waals surface area contributed by atoms with Crippen LogP contribution in [0.15, 0.2) is 6.20 Å². The molecule has 1 aromatic heterocycles. The van der Waals surface area contributed by atoms with E-state index in [0.717, 1.165) is 24.3 Å². The minimum atomic E-state index is -0.356. The van der Waals surface area contributed by atoms with Crippen molar-refractivity contribution in [3.8, 4) is 0 Å². The van der Waals surface area contributed by atoms with Crippen molar-refractivity contribution in [1.29, 1.82) is 0 Å². The maximum absolute atomic E-state index is 12.7. The second kappa shape index (κ2) is 5.37. The molecule has 1 saturated carbocycles. The lowest BCUT2D eigenvalue weighted by Gasteiger charge is -2.24. The van der Waals surface area contributed by atoms with Gasteiger partial charge >= 0.3 is 0 Å². The van der Waals surface area contributed by atoms with Gasteiger partial charge in [-0.3, -0.25) is 9.48 Å². The van der Waals surface area contributed by atoms with Gasteiger partial charge in [-0.05, 0) is 47.0 Å². The Kier molecular flexibility index (Phi) is 3.79. The molecule has 5 nitrogen and oxygen atoms in total. The van der Waals surface area contributed by atoms with E-state index in [1.807, 2.05) is 13.1 Å². The first-order valence-electron chi connectivity index (χ1n) is 8.41. The van der Waals surface area contributed by atoms with Gasteiger partial charge in [0, 0.05) is 12.1 Å². The normalized spacial score (nSPS) is 28.2. The van der Waals surface area contributed by atoms with Gasteiger partial charge in [-0.1, -0.05) is 12.8 Å². The van der Waals surface area contributed by atoms with Crippen LogP contribution in [0.25, 0.3) is 0 Å². The Morgan fingerprint density at radius 3 is 2.64 bits per heavy atom. The zero-order valence-electron chi connectivity index (χ0n) is 14.2. The highest BCUT2D eigenvalue weighted by atomic mass is 16.2. The standard InChI is InChI=1S/C17H28N4O/c1-12-14(9-19-21(12)13-7-5-6-8-13)20-15(22)17(4)10-16(2,3)18-11-17/h9,13,18H,5-8,10-11H2,1-4H3,(H,20,22). The summed E-state index contributed by atoms with van der Waals surface area (Å²) in [6.45, 7) is 9.12. The van der Waals surface area contributed by atoms with E-state index in [4.69, 9.17) is 0 Å². The van der Waals surface area contributed by atoms with Crippen LogP contribution in [0.2, 0.25) is 0 Å². The maximum Gasteiger partial charge on any atom is 0.231 e. The van der Waals surface area contributed by atoms with Crippen LogP contribution in [0.4, 0.5) is 5.69 Å². The number of nitrogens with zero attached hydrogens (tertiary/aromatic N) is 2. The molecule has 1 aliphatic heterocycles. The van der Waals surface area contributed by atoms with Crippen LogP contribution >= 0.6 is 0 Å². The first-order chi connectivity index (χ1) is 10.3. The lowest BCUT2D eigenvalue weighted by molar-refractivity contribution is -0.124. The van der Waals surface area contributed by atoms with Gasteiger partial charge in [0.2, 0.25) is 5.91 Å². The summed E-state index contributed by atoms with van der Waals surface area (Å²) in [6, 6.07) is 0.508. The Bertz CT molecular complexity index is 571. The van der Waals surface area contributed by atoms with E-state index in [1.165, 1.54) is 25.7 Å². The Labute approximate surface area is 132 Å². The lowest BCUT2D eigenvalue weighted by atomic mass is 9.83. The van der Waals surface area contributed by atoms with E-state index >= 15 is 0 Å². The van der Waals surface area contributed by atoms with Crippen LogP contribution < -0.4 is 10.6 Å². The minimum Gasteiger partial charge on any atom is -0.323 e. The Balaban J connectivity index is 1.72. The minimum absolute atomic E-state index is 0.0230. The Morgan fingerprint density at radius 2 is 2.05 bits per heavy atom. The molecule has 1 aliphatic carbocycles. The van der Waals surface area contributed by atoms with Crippen LogP contribution in [0.1, 0.15) is 64.6 Å². The maximum atomic E-state index is 12.7. The van der Waals surface area contributed by atoms with Crippen LogP contribution in [-0.4, -0.2) is 27.8 Å². The fourth-order valence-electron chi connectivity index (χ4n) is 4.03. The fraction of sp³-hybridized carbons (Fsp3) is 0.765. The number of carbonyl (C=O) groups excluding carboxylic acids is 1. The quantitative estimate of drug-likeness (QED) is 0.902. The highest BCUT2D eigenvalue weighted by molar-refractivity contribution is 5.96. The predicted octanol–water partition coefficient (Wildman–Crippen LogP) is 3.02. The third-order valence-electron chi connectivity index (χ3n) is 5.30. The van der Waals surface area contributed by atoms with E-state index in [9.17, 15) is 4.79 Å². The van der Waals surface area contributed by atoms with Crippen molar-refractivity contribution in [2.45, 2.75) is 71.4 Å². The molecule has 5 heteroatoms. The predicted molar refractivity (Wildman–Crippen MR) is 87.9 cm³/mol. The molecule has 0 bridgehead atoms. The average molecular weight is 304 g/mol. The van der Waals surface area contributed by atoms with Gasteiger partial charge in [0.15, 0.2) is 0 Å². The summed E-state index contributed by atoms with van der Waals surface area (Å²) >= 11 is 0. The van der Waals surface area contributed by atoms with Crippen LogP contribution in [-0.2, 0) is 4.79 Å². The summed E-state index contributed by atoms with van der Waals surface area (Å²) in [4.78, 5) is 12.7. The molecule has 0 aromatic carbocycles. The second-order valence-electron chi connectivity index (χ2n) is 7.96. The highest BCUT2D eigenvalue weighted by Gasteiger charge is 2.44. The molecule has 22 heavy (non-hydrogen) atoms. The number of aromatic nitrogens is 2. The average Bonchev–Trinajstić information content (AvgIpc) is 3.12. The van der Waals surface area contributed by atoms with E-state index in [-0.39, 0.29) is 16.9 Å². The number of anilines is 1. The monoisotopic (exact) mass is 304 g/mol. The van der Waals surface area contributed by atoms with Crippen LogP contribution in [0, 0.1) is 12.3 Å². The number of carbonyl (C=O) groups is 1. The molecule has 2 N–H and O–H groups in total. The number of nitrogens with one attached hydrogen (secondary N) is 2. The summed E-state index contributed by atoms with van der Waals surface area (Å²) in [7, 11) is 0.